The zero-order valence-corrected chi connectivity index (χ0v) is 33.0. The molecular formula is C55H39N5. The molecule has 0 bridgehead atoms. The molecule has 6 aromatic carbocycles. The molecule has 0 aliphatic heterocycles. The van der Waals surface area contributed by atoms with Crippen LogP contribution in [0.15, 0.2) is 212 Å². The molecule has 0 spiro atoms. The van der Waals surface area contributed by atoms with Gasteiger partial charge in [-0.3, -0.25) is 9.55 Å². The minimum atomic E-state index is -0.336. The van der Waals surface area contributed by atoms with Crippen molar-refractivity contribution in [1.29, 1.82) is 0 Å². The number of allylic oxidation sites excluding steroid dienone is 4. The zero-order valence-electron chi connectivity index (χ0n) is 33.0. The Balaban J connectivity index is 1.03. The van der Waals surface area contributed by atoms with Gasteiger partial charge < -0.3 is 0 Å². The van der Waals surface area contributed by atoms with Crippen molar-refractivity contribution in [2.24, 2.45) is 11.3 Å². The fourth-order valence-electron chi connectivity index (χ4n) is 9.15. The third kappa shape index (κ3) is 6.02. The third-order valence-corrected chi connectivity index (χ3v) is 12.0. The van der Waals surface area contributed by atoms with Crippen molar-refractivity contribution in [2.75, 3.05) is 0 Å². The Bertz CT molecular complexity index is 3180. The fraction of sp³-hybridized carbons (Fsp3) is 0.0545. The van der Waals surface area contributed by atoms with Crippen LogP contribution in [-0.4, -0.2) is 24.5 Å². The quantitative estimate of drug-likeness (QED) is 0.162. The van der Waals surface area contributed by atoms with Gasteiger partial charge in [0.2, 0.25) is 0 Å². The van der Waals surface area contributed by atoms with Crippen LogP contribution in [0.4, 0.5) is 0 Å². The van der Waals surface area contributed by atoms with Crippen LogP contribution in [0.2, 0.25) is 0 Å². The Morgan fingerprint density at radius 3 is 1.82 bits per heavy atom. The number of hydrogen-bond donors (Lipinski definition) is 0. The second kappa shape index (κ2) is 14.6. The lowest BCUT2D eigenvalue weighted by Crippen LogP contribution is -2.45. The van der Waals surface area contributed by atoms with Crippen LogP contribution < -0.4 is 10.4 Å². The number of nitrogens with zero attached hydrogens (tertiary/aromatic N) is 5. The Hall–Kier alpha value is -7.76. The van der Waals surface area contributed by atoms with E-state index in [0.717, 1.165) is 61.9 Å². The van der Waals surface area contributed by atoms with Gasteiger partial charge in [0.15, 0.2) is 5.82 Å². The highest BCUT2D eigenvalue weighted by molar-refractivity contribution is 5.85. The summed E-state index contributed by atoms with van der Waals surface area (Å²) in [7, 11) is 0. The Kier molecular flexibility index (Phi) is 8.59. The topological polar surface area (TPSA) is 56.5 Å². The number of rotatable bonds is 7. The van der Waals surface area contributed by atoms with Gasteiger partial charge in [-0.1, -0.05) is 171 Å². The molecule has 0 fully saturated rings. The maximum Gasteiger partial charge on any atom is 0.160 e. The minimum Gasteiger partial charge on any atom is -0.292 e. The zero-order chi connectivity index (χ0) is 40.0. The highest BCUT2D eigenvalue weighted by Gasteiger charge is 2.42. The monoisotopic (exact) mass is 769 g/mol. The molecular weight excluding hydrogens is 731 g/mol. The van der Waals surface area contributed by atoms with E-state index in [1.54, 1.807) is 0 Å². The molecule has 0 amide bonds. The van der Waals surface area contributed by atoms with Gasteiger partial charge in [0.25, 0.3) is 0 Å². The van der Waals surface area contributed by atoms with Gasteiger partial charge in [0.1, 0.15) is 5.82 Å². The summed E-state index contributed by atoms with van der Waals surface area (Å²) in [6.07, 6.45) is 11.1. The van der Waals surface area contributed by atoms with Crippen molar-refractivity contribution in [1.82, 2.24) is 24.5 Å². The van der Waals surface area contributed by atoms with E-state index >= 15 is 0 Å². The SMILES string of the molecule is CC12C=CC=CC1C(c1ccc(-c3nc4ccccc4n3-c3ccccc3)cn1)=c1ccccc1=C2c1ccc(-c2cc(-c3ccccc3)nc(-c3ccccc3)n2)cc1. The molecule has 284 valence electrons. The second-order valence-electron chi connectivity index (χ2n) is 15.6. The highest BCUT2D eigenvalue weighted by atomic mass is 15.1. The number of para-hydroxylation sites is 3. The molecule has 2 atom stereocenters. The van der Waals surface area contributed by atoms with Crippen molar-refractivity contribution in [2.45, 2.75) is 6.92 Å². The molecule has 5 heteroatoms. The van der Waals surface area contributed by atoms with Crippen molar-refractivity contribution in [3.8, 4) is 51.0 Å². The second-order valence-corrected chi connectivity index (χ2v) is 15.6. The predicted octanol–water partition coefficient (Wildman–Crippen LogP) is 11.0. The summed E-state index contributed by atoms with van der Waals surface area (Å²) in [4.78, 5) is 20.4. The third-order valence-electron chi connectivity index (χ3n) is 12.0. The molecule has 11 rings (SSSR count). The number of pyridine rings is 1. The summed E-state index contributed by atoms with van der Waals surface area (Å²) >= 11 is 0. The van der Waals surface area contributed by atoms with Crippen molar-refractivity contribution in [3.63, 3.8) is 0 Å². The number of imidazole rings is 1. The lowest BCUT2D eigenvalue weighted by atomic mass is 9.61. The molecule has 0 saturated heterocycles. The largest absolute Gasteiger partial charge is 0.292 e. The summed E-state index contributed by atoms with van der Waals surface area (Å²) in [5.74, 6) is 1.64. The molecule has 2 aliphatic rings. The summed E-state index contributed by atoms with van der Waals surface area (Å²) in [5, 5.41) is 2.42. The molecule has 9 aromatic rings. The minimum absolute atomic E-state index is 0.0584. The summed E-state index contributed by atoms with van der Waals surface area (Å²) < 4.78 is 2.22. The number of aromatic nitrogens is 5. The van der Waals surface area contributed by atoms with Crippen molar-refractivity contribution < 1.29 is 0 Å². The lowest BCUT2D eigenvalue weighted by molar-refractivity contribution is 0.478. The van der Waals surface area contributed by atoms with Gasteiger partial charge in [-0.15, -0.1) is 0 Å². The van der Waals surface area contributed by atoms with E-state index in [1.807, 2.05) is 42.6 Å². The van der Waals surface area contributed by atoms with Crippen LogP contribution in [0.1, 0.15) is 18.2 Å². The van der Waals surface area contributed by atoms with E-state index < -0.39 is 0 Å². The van der Waals surface area contributed by atoms with Gasteiger partial charge in [-0.2, -0.15) is 0 Å². The molecule has 0 radical (unpaired) electrons. The maximum atomic E-state index is 5.24. The average molecular weight is 770 g/mol. The van der Waals surface area contributed by atoms with Crippen LogP contribution in [0.25, 0.3) is 73.2 Å². The van der Waals surface area contributed by atoms with Crippen LogP contribution in [0, 0.1) is 11.3 Å². The molecule has 60 heavy (non-hydrogen) atoms. The molecule has 5 nitrogen and oxygen atoms in total. The van der Waals surface area contributed by atoms with E-state index in [1.165, 1.54) is 27.1 Å². The van der Waals surface area contributed by atoms with E-state index in [0.29, 0.717) is 5.82 Å². The van der Waals surface area contributed by atoms with E-state index in [4.69, 9.17) is 19.9 Å². The van der Waals surface area contributed by atoms with Crippen LogP contribution in [-0.2, 0) is 0 Å². The average Bonchev–Trinajstić information content (AvgIpc) is 3.71. The first-order valence-electron chi connectivity index (χ1n) is 20.4. The standard InChI is InChI=1S/C55H39N5/c1-55-34-16-15-25-45(55)51(47-33-32-41(36-56-47)54-59-46-26-13-14-27-50(46)60(54)42-21-9-4-10-22-42)43-23-11-12-24-44(43)52(55)39-30-28-38(29-31-39)49-35-48(37-17-5-2-6-18-37)57-53(58-49)40-19-7-3-8-20-40/h2-36,45H,1H3. The molecule has 2 aliphatic carbocycles. The normalized spacial score (nSPS) is 16.8. The maximum absolute atomic E-state index is 5.24. The molecule has 0 saturated carbocycles. The number of hydrogen-bond acceptors (Lipinski definition) is 4. The Morgan fingerprint density at radius 1 is 0.500 bits per heavy atom. The van der Waals surface area contributed by atoms with E-state index in [9.17, 15) is 0 Å². The van der Waals surface area contributed by atoms with E-state index in [2.05, 4.69) is 181 Å². The van der Waals surface area contributed by atoms with Gasteiger partial charge in [-0.25, -0.2) is 15.0 Å². The number of fused-ring (bicyclic) bond motifs is 3. The molecule has 2 unspecified atom stereocenters. The van der Waals surface area contributed by atoms with Crippen LogP contribution >= 0.6 is 0 Å². The van der Waals surface area contributed by atoms with Crippen molar-refractivity contribution in [3.05, 3.63) is 234 Å². The van der Waals surface area contributed by atoms with Crippen LogP contribution in [0.5, 0.6) is 0 Å². The van der Waals surface area contributed by atoms with Crippen LogP contribution in [0.3, 0.4) is 0 Å². The summed E-state index contributed by atoms with van der Waals surface area (Å²) in [5.41, 5.74) is 13.2. The Labute approximate surface area is 348 Å². The van der Waals surface area contributed by atoms with E-state index in [-0.39, 0.29) is 11.3 Å². The fourth-order valence-corrected chi connectivity index (χ4v) is 9.15. The van der Waals surface area contributed by atoms with Gasteiger partial charge in [-0.05, 0) is 69.6 Å². The van der Waals surface area contributed by atoms with Gasteiger partial charge in [0, 0.05) is 45.5 Å². The first-order valence-corrected chi connectivity index (χ1v) is 20.4. The Morgan fingerprint density at radius 2 is 1.10 bits per heavy atom. The highest BCUT2D eigenvalue weighted by Crippen LogP contribution is 2.49. The molecule has 3 aromatic heterocycles. The lowest BCUT2D eigenvalue weighted by Gasteiger charge is -2.42. The molecule has 3 heterocycles. The number of benzene rings is 6. The van der Waals surface area contributed by atoms with Gasteiger partial charge >= 0.3 is 0 Å². The predicted molar refractivity (Wildman–Crippen MR) is 243 cm³/mol. The summed E-state index contributed by atoms with van der Waals surface area (Å²) in [6.45, 7) is 2.37. The van der Waals surface area contributed by atoms with Gasteiger partial charge in [0.05, 0.1) is 28.1 Å². The van der Waals surface area contributed by atoms with Crippen molar-refractivity contribution >= 4 is 22.2 Å². The first kappa shape index (κ1) is 35.4. The smallest absolute Gasteiger partial charge is 0.160 e. The molecule has 0 N–H and O–H groups in total. The first-order chi connectivity index (χ1) is 29.6. The summed E-state index contributed by atoms with van der Waals surface area (Å²) in [6, 6.07) is 63.5.